The van der Waals surface area contributed by atoms with Crippen molar-refractivity contribution in [2.75, 3.05) is 12.4 Å². The third-order valence-corrected chi connectivity index (χ3v) is 2.90. The molecule has 0 bridgehead atoms. The number of ether oxygens (including phenoxy) is 1. The first-order valence-electron chi connectivity index (χ1n) is 7.26. The fourth-order valence-corrected chi connectivity index (χ4v) is 1.81. The van der Waals surface area contributed by atoms with Crippen LogP contribution in [-0.4, -0.2) is 29.1 Å². The lowest BCUT2D eigenvalue weighted by molar-refractivity contribution is -0.134. The number of carboxylic acids is 1. The number of para-hydroxylation sites is 1. The van der Waals surface area contributed by atoms with Crippen molar-refractivity contribution in [2.24, 2.45) is 0 Å². The highest BCUT2D eigenvalue weighted by molar-refractivity contribution is 5.90. The lowest BCUT2D eigenvalue weighted by Crippen LogP contribution is -2.29. The number of rotatable bonds is 4. The molecule has 2 aromatic rings. The Balaban J connectivity index is 0.000000648. The van der Waals surface area contributed by atoms with E-state index < -0.39 is 5.97 Å². The number of carboxylic acid groups (broad SMARTS) is 1. The highest BCUT2D eigenvalue weighted by Gasteiger charge is 2.04. The molecule has 4 N–H and O–H groups in total. The van der Waals surface area contributed by atoms with E-state index >= 15 is 0 Å². The minimum absolute atomic E-state index is 0.206. The van der Waals surface area contributed by atoms with Gasteiger partial charge in [-0.15, -0.1) is 0 Å². The van der Waals surface area contributed by atoms with Crippen LogP contribution in [0.15, 0.2) is 42.6 Å². The van der Waals surface area contributed by atoms with E-state index in [2.05, 4.69) is 15.6 Å². The Labute approximate surface area is 141 Å². The number of hydrogen-bond donors (Lipinski definition) is 4. The van der Waals surface area contributed by atoms with Gasteiger partial charge in [0.2, 0.25) is 0 Å². The van der Waals surface area contributed by atoms with E-state index in [-0.39, 0.29) is 5.96 Å². The van der Waals surface area contributed by atoms with Crippen molar-refractivity contribution < 1.29 is 14.6 Å². The number of anilines is 1. The Morgan fingerprint density at radius 1 is 1.29 bits per heavy atom. The molecule has 0 spiro atoms. The SMILES string of the molecule is CC(=O)O.COc1ccccc1CNC(=N)Nc1ncccc1C. The van der Waals surface area contributed by atoms with Crippen LogP contribution in [-0.2, 0) is 11.3 Å². The number of hydrogen-bond acceptors (Lipinski definition) is 4. The van der Waals surface area contributed by atoms with Gasteiger partial charge >= 0.3 is 0 Å². The average molecular weight is 330 g/mol. The summed E-state index contributed by atoms with van der Waals surface area (Å²) < 4.78 is 5.27. The average Bonchev–Trinajstić information content (AvgIpc) is 2.55. The Hall–Kier alpha value is -3.09. The van der Waals surface area contributed by atoms with Gasteiger partial charge in [-0.2, -0.15) is 0 Å². The highest BCUT2D eigenvalue weighted by atomic mass is 16.5. The molecule has 0 saturated heterocycles. The Bertz CT molecular complexity index is 685. The molecule has 0 saturated carbocycles. The van der Waals surface area contributed by atoms with Crippen molar-refractivity contribution in [1.82, 2.24) is 10.3 Å². The zero-order valence-electron chi connectivity index (χ0n) is 14.0. The first kappa shape index (κ1) is 19.0. The molecule has 0 fully saturated rings. The minimum atomic E-state index is -0.833. The molecule has 1 aromatic carbocycles. The summed E-state index contributed by atoms with van der Waals surface area (Å²) in [5, 5.41) is 21.3. The molecular formula is C17H22N4O3. The molecule has 0 atom stereocenters. The molecule has 0 aliphatic carbocycles. The fourth-order valence-electron chi connectivity index (χ4n) is 1.81. The molecule has 1 heterocycles. The van der Waals surface area contributed by atoms with Crippen LogP contribution in [0.4, 0.5) is 5.82 Å². The maximum absolute atomic E-state index is 9.00. The number of guanidine groups is 1. The van der Waals surface area contributed by atoms with E-state index in [1.807, 2.05) is 43.3 Å². The molecule has 24 heavy (non-hydrogen) atoms. The second kappa shape index (κ2) is 9.83. The molecule has 7 heteroatoms. The van der Waals surface area contributed by atoms with Gasteiger partial charge in [-0.25, -0.2) is 4.98 Å². The third-order valence-electron chi connectivity index (χ3n) is 2.90. The van der Waals surface area contributed by atoms with Gasteiger partial charge in [0.25, 0.3) is 5.97 Å². The smallest absolute Gasteiger partial charge is 0.300 e. The summed E-state index contributed by atoms with van der Waals surface area (Å²) >= 11 is 0. The summed E-state index contributed by atoms with van der Waals surface area (Å²) in [5.41, 5.74) is 2.00. The van der Waals surface area contributed by atoms with Crippen LogP contribution in [0.2, 0.25) is 0 Å². The maximum atomic E-state index is 9.00. The van der Waals surface area contributed by atoms with E-state index in [9.17, 15) is 0 Å². The van der Waals surface area contributed by atoms with Gasteiger partial charge in [0, 0.05) is 25.2 Å². The van der Waals surface area contributed by atoms with E-state index in [4.69, 9.17) is 20.0 Å². The summed E-state index contributed by atoms with van der Waals surface area (Å²) in [6.45, 7) is 3.55. The van der Waals surface area contributed by atoms with E-state index in [0.29, 0.717) is 12.4 Å². The zero-order chi connectivity index (χ0) is 17.9. The van der Waals surface area contributed by atoms with Crippen LogP contribution >= 0.6 is 0 Å². The van der Waals surface area contributed by atoms with Gasteiger partial charge in [-0.1, -0.05) is 24.3 Å². The second-order valence-corrected chi connectivity index (χ2v) is 4.85. The Morgan fingerprint density at radius 2 is 1.96 bits per heavy atom. The summed E-state index contributed by atoms with van der Waals surface area (Å²) in [4.78, 5) is 13.2. The highest BCUT2D eigenvalue weighted by Crippen LogP contribution is 2.16. The van der Waals surface area contributed by atoms with Crippen LogP contribution in [0.1, 0.15) is 18.1 Å². The Kier molecular flexibility index (Phi) is 7.77. The molecule has 0 unspecified atom stereocenters. The van der Waals surface area contributed by atoms with E-state index in [0.717, 1.165) is 23.8 Å². The van der Waals surface area contributed by atoms with Gasteiger partial charge in [-0.3, -0.25) is 10.2 Å². The molecule has 2 rings (SSSR count). The molecule has 0 aliphatic rings. The summed E-state index contributed by atoms with van der Waals surface area (Å²) in [7, 11) is 1.64. The standard InChI is InChI=1S/C15H18N4O.C2H4O2/c1-11-6-5-9-17-14(11)19-15(16)18-10-12-7-3-4-8-13(12)20-2;1-2(3)4/h3-9H,10H2,1-2H3,(H3,16,17,18,19);1H3,(H,3,4). The number of carbonyl (C=O) groups is 1. The van der Waals surface area contributed by atoms with Gasteiger partial charge in [0.15, 0.2) is 5.96 Å². The number of nitrogens with zero attached hydrogens (tertiary/aromatic N) is 1. The van der Waals surface area contributed by atoms with E-state index in [1.165, 1.54) is 0 Å². The van der Waals surface area contributed by atoms with Crippen molar-refractivity contribution in [2.45, 2.75) is 20.4 Å². The predicted molar refractivity (Wildman–Crippen MR) is 93.5 cm³/mol. The third kappa shape index (κ3) is 6.78. The van der Waals surface area contributed by atoms with Crippen molar-refractivity contribution in [3.05, 3.63) is 53.7 Å². The number of pyridine rings is 1. The van der Waals surface area contributed by atoms with Gasteiger partial charge in [0.1, 0.15) is 11.6 Å². The number of aryl methyl sites for hydroxylation is 1. The molecular weight excluding hydrogens is 308 g/mol. The zero-order valence-corrected chi connectivity index (χ0v) is 14.0. The normalized spacial score (nSPS) is 9.29. The number of methoxy groups -OCH3 is 1. The summed E-state index contributed by atoms with van der Waals surface area (Å²) in [6, 6.07) is 11.5. The van der Waals surface area contributed by atoms with Crippen molar-refractivity contribution >= 4 is 17.7 Å². The number of benzene rings is 1. The first-order chi connectivity index (χ1) is 11.4. The first-order valence-corrected chi connectivity index (χ1v) is 7.26. The largest absolute Gasteiger partial charge is 0.496 e. The van der Waals surface area contributed by atoms with Crippen molar-refractivity contribution in [1.29, 1.82) is 5.41 Å². The van der Waals surface area contributed by atoms with Crippen LogP contribution in [0.3, 0.4) is 0 Å². The topological polar surface area (TPSA) is 107 Å². The monoisotopic (exact) mass is 330 g/mol. The number of aliphatic carboxylic acids is 1. The lowest BCUT2D eigenvalue weighted by Gasteiger charge is -2.13. The summed E-state index contributed by atoms with van der Waals surface area (Å²) in [6.07, 6.45) is 1.70. The van der Waals surface area contributed by atoms with Gasteiger partial charge < -0.3 is 20.5 Å². The van der Waals surface area contributed by atoms with Crippen LogP contribution in [0.25, 0.3) is 0 Å². The molecule has 1 aromatic heterocycles. The quantitative estimate of drug-likeness (QED) is 0.507. The summed E-state index contributed by atoms with van der Waals surface area (Å²) in [5.74, 6) is 0.865. The fraction of sp³-hybridized carbons (Fsp3) is 0.235. The van der Waals surface area contributed by atoms with Crippen LogP contribution in [0, 0.1) is 12.3 Å². The van der Waals surface area contributed by atoms with Crippen LogP contribution in [0.5, 0.6) is 5.75 Å². The maximum Gasteiger partial charge on any atom is 0.300 e. The lowest BCUT2D eigenvalue weighted by atomic mass is 10.2. The van der Waals surface area contributed by atoms with Crippen molar-refractivity contribution in [3.8, 4) is 5.75 Å². The van der Waals surface area contributed by atoms with Gasteiger partial charge in [0.05, 0.1) is 7.11 Å². The van der Waals surface area contributed by atoms with Crippen molar-refractivity contribution in [3.63, 3.8) is 0 Å². The molecule has 0 aliphatic heterocycles. The molecule has 128 valence electrons. The molecule has 0 radical (unpaired) electrons. The molecule has 0 amide bonds. The number of nitrogens with one attached hydrogen (secondary N) is 3. The minimum Gasteiger partial charge on any atom is -0.496 e. The molecule has 7 nitrogen and oxygen atoms in total. The second-order valence-electron chi connectivity index (χ2n) is 4.85. The van der Waals surface area contributed by atoms with Crippen LogP contribution < -0.4 is 15.4 Å². The Morgan fingerprint density at radius 3 is 2.58 bits per heavy atom. The van der Waals surface area contributed by atoms with E-state index in [1.54, 1.807) is 13.3 Å². The predicted octanol–water partition coefficient (Wildman–Crippen LogP) is 2.63. The number of aromatic nitrogens is 1. The van der Waals surface area contributed by atoms with Gasteiger partial charge in [-0.05, 0) is 24.6 Å².